The van der Waals surface area contributed by atoms with Crippen molar-refractivity contribution in [3.8, 4) is 11.1 Å². The summed E-state index contributed by atoms with van der Waals surface area (Å²) < 4.78 is 1.06. The molecule has 19 heavy (non-hydrogen) atoms. The minimum atomic E-state index is 0.308. The molecule has 98 valence electrons. The molecule has 5 heteroatoms. The zero-order valence-electron chi connectivity index (χ0n) is 10.4. The number of benzene rings is 1. The molecule has 2 aromatic rings. The summed E-state index contributed by atoms with van der Waals surface area (Å²) in [4.78, 5) is 8.44. The summed E-state index contributed by atoms with van der Waals surface area (Å²) in [5.41, 5.74) is 7.78. The van der Waals surface area contributed by atoms with Crippen LogP contribution in [0.3, 0.4) is 0 Å². The van der Waals surface area contributed by atoms with Gasteiger partial charge >= 0.3 is 0 Å². The Bertz CT molecular complexity index is 578. The Balaban J connectivity index is 1.96. The molecule has 0 spiro atoms. The van der Waals surface area contributed by atoms with Crippen LogP contribution in [0.4, 0.5) is 11.8 Å². The van der Waals surface area contributed by atoms with Gasteiger partial charge in [-0.15, -0.1) is 0 Å². The smallest absolute Gasteiger partial charge is 0.221 e. The summed E-state index contributed by atoms with van der Waals surface area (Å²) in [6.07, 6.45) is 5.46. The molecule has 1 aliphatic rings. The van der Waals surface area contributed by atoms with Crippen LogP contribution in [0.25, 0.3) is 11.1 Å². The van der Waals surface area contributed by atoms with Crippen molar-refractivity contribution in [1.29, 1.82) is 0 Å². The van der Waals surface area contributed by atoms with Crippen LogP contribution in [-0.2, 0) is 0 Å². The Morgan fingerprint density at radius 3 is 2.58 bits per heavy atom. The molecule has 1 heterocycles. The number of nitrogens with zero attached hydrogens (tertiary/aromatic N) is 2. The highest BCUT2D eigenvalue weighted by atomic mass is 79.9. The molecule has 0 aliphatic heterocycles. The van der Waals surface area contributed by atoms with Gasteiger partial charge in [0.1, 0.15) is 5.82 Å². The normalized spacial score (nSPS) is 15.0. The van der Waals surface area contributed by atoms with E-state index in [1.165, 1.54) is 19.3 Å². The standard InChI is InChI=1S/C14H15BrN4/c15-10-6-4-9(5-7-10)12-8-17-14(16)19-13(12)18-11-2-1-3-11/h4-8,11H,1-3H2,(H3,16,17,18,19). The van der Waals surface area contributed by atoms with Gasteiger partial charge in [0.05, 0.1) is 0 Å². The third-order valence-electron chi connectivity index (χ3n) is 3.41. The molecule has 1 aromatic heterocycles. The molecule has 0 bridgehead atoms. The highest BCUT2D eigenvalue weighted by molar-refractivity contribution is 9.10. The summed E-state index contributed by atoms with van der Waals surface area (Å²) in [5, 5.41) is 3.46. The van der Waals surface area contributed by atoms with Gasteiger partial charge in [0.2, 0.25) is 5.95 Å². The average molecular weight is 319 g/mol. The molecule has 1 saturated carbocycles. The van der Waals surface area contributed by atoms with E-state index in [4.69, 9.17) is 5.73 Å². The fourth-order valence-corrected chi connectivity index (χ4v) is 2.36. The molecular weight excluding hydrogens is 304 g/mol. The number of halogens is 1. The van der Waals surface area contributed by atoms with Crippen molar-refractivity contribution in [1.82, 2.24) is 9.97 Å². The van der Waals surface area contributed by atoms with Gasteiger partial charge in [-0.3, -0.25) is 0 Å². The van der Waals surface area contributed by atoms with Gasteiger partial charge in [-0.05, 0) is 37.0 Å². The van der Waals surface area contributed by atoms with Crippen molar-refractivity contribution in [3.05, 3.63) is 34.9 Å². The van der Waals surface area contributed by atoms with E-state index in [2.05, 4.69) is 31.2 Å². The van der Waals surface area contributed by atoms with Gasteiger partial charge in [0.15, 0.2) is 0 Å². The maximum atomic E-state index is 5.70. The number of nitrogens with one attached hydrogen (secondary N) is 1. The maximum absolute atomic E-state index is 5.70. The number of hydrogen-bond acceptors (Lipinski definition) is 4. The summed E-state index contributed by atoms with van der Waals surface area (Å²) in [5.74, 6) is 1.14. The van der Waals surface area contributed by atoms with E-state index >= 15 is 0 Å². The van der Waals surface area contributed by atoms with Crippen molar-refractivity contribution in [2.24, 2.45) is 0 Å². The van der Waals surface area contributed by atoms with Gasteiger partial charge in [-0.2, -0.15) is 4.98 Å². The lowest BCUT2D eigenvalue weighted by Crippen LogP contribution is -2.28. The number of hydrogen-bond donors (Lipinski definition) is 2. The summed E-state index contributed by atoms with van der Waals surface area (Å²) in [6, 6.07) is 8.64. The maximum Gasteiger partial charge on any atom is 0.221 e. The number of rotatable bonds is 3. The highest BCUT2D eigenvalue weighted by Crippen LogP contribution is 2.30. The van der Waals surface area contributed by atoms with Gasteiger partial charge < -0.3 is 11.1 Å². The predicted molar refractivity (Wildman–Crippen MR) is 80.8 cm³/mol. The molecule has 0 atom stereocenters. The van der Waals surface area contributed by atoms with Crippen LogP contribution in [0.5, 0.6) is 0 Å². The van der Waals surface area contributed by atoms with E-state index in [-0.39, 0.29) is 0 Å². The van der Waals surface area contributed by atoms with Crippen molar-refractivity contribution in [2.75, 3.05) is 11.1 Å². The Morgan fingerprint density at radius 1 is 1.21 bits per heavy atom. The molecule has 0 radical (unpaired) electrons. The summed E-state index contributed by atoms with van der Waals surface area (Å²) in [6.45, 7) is 0. The Hall–Kier alpha value is -1.62. The van der Waals surface area contributed by atoms with E-state index < -0.39 is 0 Å². The molecule has 0 amide bonds. The Kier molecular flexibility index (Phi) is 3.38. The zero-order chi connectivity index (χ0) is 13.2. The Morgan fingerprint density at radius 2 is 1.95 bits per heavy atom. The zero-order valence-corrected chi connectivity index (χ0v) is 12.0. The lowest BCUT2D eigenvalue weighted by molar-refractivity contribution is 0.444. The van der Waals surface area contributed by atoms with Crippen molar-refractivity contribution in [3.63, 3.8) is 0 Å². The second-order valence-corrected chi connectivity index (χ2v) is 5.69. The van der Waals surface area contributed by atoms with Gasteiger partial charge in [0, 0.05) is 22.3 Å². The second-order valence-electron chi connectivity index (χ2n) is 4.77. The van der Waals surface area contributed by atoms with Crippen LogP contribution >= 0.6 is 15.9 Å². The first kappa shape index (κ1) is 12.4. The van der Waals surface area contributed by atoms with Crippen LogP contribution in [-0.4, -0.2) is 16.0 Å². The first-order chi connectivity index (χ1) is 9.22. The minimum absolute atomic E-state index is 0.308. The first-order valence-electron chi connectivity index (χ1n) is 6.37. The average Bonchev–Trinajstić information content (AvgIpc) is 2.35. The quantitative estimate of drug-likeness (QED) is 0.909. The molecule has 3 N–H and O–H groups in total. The lowest BCUT2D eigenvalue weighted by atomic mass is 9.93. The van der Waals surface area contributed by atoms with Gasteiger partial charge in [-0.25, -0.2) is 4.98 Å². The van der Waals surface area contributed by atoms with E-state index in [0.29, 0.717) is 12.0 Å². The highest BCUT2D eigenvalue weighted by Gasteiger charge is 2.19. The van der Waals surface area contributed by atoms with Gasteiger partial charge in [0.25, 0.3) is 0 Å². The predicted octanol–water partition coefficient (Wildman–Crippen LogP) is 3.45. The SMILES string of the molecule is Nc1ncc(-c2ccc(Br)cc2)c(NC2CCC2)n1. The number of nitrogens with two attached hydrogens (primary N) is 1. The van der Waals surface area contributed by atoms with Crippen LogP contribution in [0.2, 0.25) is 0 Å². The number of aromatic nitrogens is 2. The summed E-state index contributed by atoms with van der Waals surface area (Å²) in [7, 11) is 0. The van der Waals surface area contributed by atoms with Crippen LogP contribution in [0.15, 0.2) is 34.9 Å². The molecule has 1 fully saturated rings. The van der Waals surface area contributed by atoms with E-state index in [1.54, 1.807) is 6.20 Å². The first-order valence-corrected chi connectivity index (χ1v) is 7.16. The fourth-order valence-electron chi connectivity index (χ4n) is 2.09. The molecular formula is C14H15BrN4. The molecule has 1 aromatic carbocycles. The van der Waals surface area contributed by atoms with Crippen LogP contribution in [0, 0.1) is 0 Å². The molecule has 1 aliphatic carbocycles. The van der Waals surface area contributed by atoms with Crippen LogP contribution in [0.1, 0.15) is 19.3 Å². The van der Waals surface area contributed by atoms with E-state index in [1.807, 2.05) is 24.3 Å². The monoisotopic (exact) mass is 318 g/mol. The third kappa shape index (κ3) is 2.71. The van der Waals surface area contributed by atoms with E-state index in [0.717, 1.165) is 21.4 Å². The number of anilines is 2. The fraction of sp³-hybridized carbons (Fsp3) is 0.286. The van der Waals surface area contributed by atoms with Crippen molar-refractivity contribution in [2.45, 2.75) is 25.3 Å². The topological polar surface area (TPSA) is 63.8 Å². The molecule has 3 rings (SSSR count). The molecule has 4 nitrogen and oxygen atoms in total. The Labute approximate surface area is 120 Å². The van der Waals surface area contributed by atoms with E-state index in [9.17, 15) is 0 Å². The van der Waals surface area contributed by atoms with Crippen molar-refractivity contribution < 1.29 is 0 Å². The minimum Gasteiger partial charge on any atom is -0.368 e. The van der Waals surface area contributed by atoms with Crippen molar-refractivity contribution >= 4 is 27.7 Å². The lowest BCUT2D eigenvalue weighted by Gasteiger charge is -2.27. The largest absolute Gasteiger partial charge is 0.368 e. The van der Waals surface area contributed by atoms with Gasteiger partial charge in [-0.1, -0.05) is 28.1 Å². The van der Waals surface area contributed by atoms with Crippen LogP contribution < -0.4 is 11.1 Å². The molecule has 0 saturated heterocycles. The molecule has 0 unspecified atom stereocenters. The number of nitrogen functional groups attached to an aromatic ring is 1. The third-order valence-corrected chi connectivity index (χ3v) is 3.94. The summed E-state index contributed by atoms with van der Waals surface area (Å²) >= 11 is 3.44. The second kappa shape index (κ2) is 5.17.